The molecule has 6 heteroatoms. The van der Waals surface area contributed by atoms with Crippen LogP contribution in [0.1, 0.15) is 26.2 Å². The number of halogens is 2. The molecule has 116 valence electrons. The van der Waals surface area contributed by atoms with Crippen molar-refractivity contribution in [2.75, 3.05) is 10.6 Å². The third kappa shape index (κ3) is 4.90. The highest BCUT2D eigenvalue weighted by atomic mass is 35.5. The highest BCUT2D eigenvalue weighted by Gasteiger charge is 2.04. The Labute approximate surface area is 139 Å². The molecule has 22 heavy (non-hydrogen) atoms. The maximum Gasteiger partial charge on any atom is 0.224 e. The van der Waals surface area contributed by atoms with Gasteiger partial charge in [0, 0.05) is 11.4 Å². The Morgan fingerprint density at radius 3 is 2.68 bits per heavy atom. The fourth-order valence-electron chi connectivity index (χ4n) is 1.83. The Balaban J connectivity index is 1.98. The first-order valence-corrected chi connectivity index (χ1v) is 7.82. The van der Waals surface area contributed by atoms with E-state index in [1.165, 1.54) is 0 Å². The van der Waals surface area contributed by atoms with Gasteiger partial charge in [0.25, 0.3) is 0 Å². The number of amides is 1. The summed E-state index contributed by atoms with van der Waals surface area (Å²) in [5.74, 6) is 0.640. The van der Waals surface area contributed by atoms with Crippen molar-refractivity contribution in [3.8, 4) is 0 Å². The molecule has 0 aliphatic rings. The van der Waals surface area contributed by atoms with Crippen LogP contribution in [0, 0.1) is 0 Å². The highest BCUT2D eigenvalue weighted by Crippen LogP contribution is 2.27. The summed E-state index contributed by atoms with van der Waals surface area (Å²) in [6.45, 7) is 2.05. The van der Waals surface area contributed by atoms with Crippen molar-refractivity contribution in [3.05, 3.63) is 46.6 Å². The fourth-order valence-corrected chi connectivity index (χ4v) is 2.29. The van der Waals surface area contributed by atoms with E-state index in [4.69, 9.17) is 23.2 Å². The number of benzene rings is 1. The lowest BCUT2D eigenvalue weighted by Crippen LogP contribution is -2.11. The Kier molecular flexibility index (Phi) is 6.04. The zero-order valence-electron chi connectivity index (χ0n) is 12.2. The number of nitrogens with one attached hydrogen (secondary N) is 2. The lowest BCUT2D eigenvalue weighted by atomic mass is 10.2. The lowest BCUT2D eigenvalue weighted by molar-refractivity contribution is -0.116. The highest BCUT2D eigenvalue weighted by molar-refractivity contribution is 6.36. The van der Waals surface area contributed by atoms with Crippen molar-refractivity contribution in [3.63, 3.8) is 0 Å². The molecule has 4 nitrogen and oxygen atoms in total. The first-order chi connectivity index (χ1) is 10.6. The average molecular weight is 338 g/mol. The van der Waals surface area contributed by atoms with E-state index in [0.717, 1.165) is 18.5 Å². The van der Waals surface area contributed by atoms with Crippen LogP contribution in [0.15, 0.2) is 36.5 Å². The zero-order valence-corrected chi connectivity index (χ0v) is 13.7. The number of hydrogen-bond donors (Lipinski definition) is 2. The van der Waals surface area contributed by atoms with Gasteiger partial charge in [-0.3, -0.25) is 4.79 Å². The predicted molar refractivity (Wildman–Crippen MR) is 92.1 cm³/mol. The predicted octanol–water partition coefficient (Wildman–Crippen LogP) is 5.26. The number of carbonyl (C=O) groups excluding carboxylic acids is 1. The summed E-state index contributed by atoms with van der Waals surface area (Å²) in [5, 5.41) is 7.01. The van der Waals surface area contributed by atoms with E-state index in [-0.39, 0.29) is 5.91 Å². The second-order valence-electron chi connectivity index (χ2n) is 4.83. The molecule has 0 spiro atoms. The second-order valence-corrected chi connectivity index (χ2v) is 5.68. The van der Waals surface area contributed by atoms with E-state index in [9.17, 15) is 4.79 Å². The molecule has 0 saturated carbocycles. The molecule has 0 radical (unpaired) electrons. The van der Waals surface area contributed by atoms with Gasteiger partial charge in [-0.25, -0.2) is 4.98 Å². The van der Waals surface area contributed by atoms with E-state index < -0.39 is 0 Å². The molecule has 1 aromatic carbocycles. The monoisotopic (exact) mass is 337 g/mol. The smallest absolute Gasteiger partial charge is 0.224 e. The Bertz CT molecular complexity index is 644. The van der Waals surface area contributed by atoms with Crippen LogP contribution in [-0.2, 0) is 4.79 Å². The first kappa shape index (κ1) is 16.6. The SMILES string of the molecule is CCCCC(=O)Nc1ccc(Nc2ccc(Cl)cc2Cl)nc1. The van der Waals surface area contributed by atoms with Gasteiger partial charge in [0.15, 0.2) is 0 Å². The molecule has 0 unspecified atom stereocenters. The Hall–Kier alpha value is -1.78. The number of anilines is 3. The van der Waals surface area contributed by atoms with Crippen molar-refractivity contribution in [1.29, 1.82) is 0 Å². The van der Waals surface area contributed by atoms with Gasteiger partial charge in [0.2, 0.25) is 5.91 Å². The molecule has 0 aliphatic heterocycles. The summed E-state index contributed by atoms with van der Waals surface area (Å²) in [6, 6.07) is 8.77. The van der Waals surface area contributed by atoms with Gasteiger partial charge in [-0.15, -0.1) is 0 Å². The molecule has 1 amide bonds. The quantitative estimate of drug-likeness (QED) is 0.755. The molecule has 0 saturated heterocycles. The number of pyridine rings is 1. The average Bonchev–Trinajstić information content (AvgIpc) is 2.50. The Morgan fingerprint density at radius 2 is 2.05 bits per heavy atom. The van der Waals surface area contributed by atoms with Crippen LogP contribution in [0.5, 0.6) is 0 Å². The van der Waals surface area contributed by atoms with Gasteiger partial charge in [-0.1, -0.05) is 36.5 Å². The maximum absolute atomic E-state index is 11.6. The Morgan fingerprint density at radius 1 is 1.23 bits per heavy atom. The van der Waals surface area contributed by atoms with Crippen molar-refractivity contribution >= 4 is 46.3 Å². The van der Waals surface area contributed by atoms with Crippen molar-refractivity contribution in [1.82, 2.24) is 4.98 Å². The molecule has 2 N–H and O–H groups in total. The third-order valence-corrected chi connectivity index (χ3v) is 3.55. The summed E-state index contributed by atoms with van der Waals surface area (Å²) >= 11 is 12.0. The van der Waals surface area contributed by atoms with Gasteiger partial charge in [-0.2, -0.15) is 0 Å². The summed E-state index contributed by atoms with van der Waals surface area (Å²) in [4.78, 5) is 15.9. The molecular weight excluding hydrogens is 321 g/mol. The van der Waals surface area contributed by atoms with Crippen LogP contribution in [0.4, 0.5) is 17.2 Å². The van der Waals surface area contributed by atoms with Crippen LogP contribution >= 0.6 is 23.2 Å². The minimum absolute atomic E-state index is 0.00473. The molecule has 0 aliphatic carbocycles. The molecular formula is C16H17Cl2N3O. The largest absolute Gasteiger partial charge is 0.339 e. The summed E-state index contributed by atoms with van der Waals surface area (Å²) in [6.07, 6.45) is 4.01. The number of nitrogens with zero attached hydrogens (tertiary/aromatic N) is 1. The van der Waals surface area contributed by atoms with Crippen LogP contribution in [-0.4, -0.2) is 10.9 Å². The van der Waals surface area contributed by atoms with Crippen molar-refractivity contribution in [2.24, 2.45) is 0 Å². The van der Waals surface area contributed by atoms with Crippen LogP contribution in [0.2, 0.25) is 10.0 Å². The fraction of sp³-hybridized carbons (Fsp3) is 0.250. The molecule has 2 rings (SSSR count). The number of unbranched alkanes of at least 4 members (excludes halogenated alkanes) is 1. The lowest BCUT2D eigenvalue weighted by Gasteiger charge is -2.09. The molecule has 0 atom stereocenters. The normalized spacial score (nSPS) is 10.3. The third-order valence-electron chi connectivity index (χ3n) is 3.00. The topological polar surface area (TPSA) is 54.0 Å². The van der Waals surface area contributed by atoms with Crippen LogP contribution in [0.25, 0.3) is 0 Å². The van der Waals surface area contributed by atoms with E-state index in [1.54, 1.807) is 36.5 Å². The van der Waals surface area contributed by atoms with E-state index in [0.29, 0.717) is 28.0 Å². The zero-order chi connectivity index (χ0) is 15.9. The van der Waals surface area contributed by atoms with Gasteiger partial charge in [0.05, 0.1) is 22.6 Å². The van der Waals surface area contributed by atoms with Gasteiger partial charge in [0.1, 0.15) is 5.82 Å². The number of carbonyl (C=O) groups is 1. The maximum atomic E-state index is 11.6. The standard InChI is InChI=1S/C16H17Cl2N3O/c1-2-3-4-16(22)20-12-6-8-15(19-10-12)21-14-7-5-11(17)9-13(14)18/h5-10H,2-4H2,1H3,(H,19,21)(H,20,22). The van der Waals surface area contributed by atoms with E-state index in [1.807, 2.05) is 0 Å². The van der Waals surface area contributed by atoms with Crippen LogP contribution in [0.3, 0.4) is 0 Å². The van der Waals surface area contributed by atoms with E-state index >= 15 is 0 Å². The molecule has 2 aromatic rings. The van der Waals surface area contributed by atoms with Crippen molar-refractivity contribution in [2.45, 2.75) is 26.2 Å². The first-order valence-electron chi connectivity index (χ1n) is 7.06. The minimum atomic E-state index is 0.00473. The van der Waals surface area contributed by atoms with Gasteiger partial charge >= 0.3 is 0 Å². The number of aromatic nitrogens is 1. The minimum Gasteiger partial charge on any atom is -0.339 e. The van der Waals surface area contributed by atoms with Crippen molar-refractivity contribution < 1.29 is 4.79 Å². The number of hydrogen-bond acceptors (Lipinski definition) is 3. The summed E-state index contributed by atoms with van der Waals surface area (Å²) < 4.78 is 0. The molecule has 0 fully saturated rings. The van der Waals surface area contributed by atoms with E-state index in [2.05, 4.69) is 22.5 Å². The molecule has 0 bridgehead atoms. The number of rotatable bonds is 6. The van der Waals surface area contributed by atoms with Crippen LogP contribution < -0.4 is 10.6 Å². The molecule has 1 aromatic heterocycles. The second kappa shape index (κ2) is 8.01. The summed E-state index contributed by atoms with van der Waals surface area (Å²) in [5.41, 5.74) is 1.40. The molecule has 1 heterocycles. The van der Waals surface area contributed by atoms with Gasteiger partial charge in [-0.05, 0) is 36.8 Å². The summed E-state index contributed by atoms with van der Waals surface area (Å²) in [7, 11) is 0. The van der Waals surface area contributed by atoms with Gasteiger partial charge < -0.3 is 10.6 Å².